The molecule has 1 aliphatic rings. The van der Waals surface area contributed by atoms with Gasteiger partial charge in [0.2, 0.25) is 0 Å². The van der Waals surface area contributed by atoms with E-state index in [2.05, 4.69) is 0 Å². The highest BCUT2D eigenvalue weighted by atomic mass is 16.5. The van der Waals surface area contributed by atoms with Crippen molar-refractivity contribution in [3.05, 3.63) is 29.8 Å². The second kappa shape index (κ2) is 8.67. The van der Waals surface area contributed by atoms with Gasteiger partial charge in [-0.05, 0) is 36.5 Å². The molecule has 0 aromatic heterocycles. The van der Waals surface area contributed by atoms with Crippen LogP contribution in [0.2, 0.25) is 0 Å². The number of ether oxygens (including phenoxy) is 2. The molecule has 1 N–H and O–H groups in total. The Hall–Kier alpha value is -1.55. The SMILES string of the molecule is O=C(O)Cc1ccc(OCCOCC2CCCCC2)cc1. The Kier molecular flexibility index (Phi) is 6.54. The first kappa shape index (κ1) is 15.8. The van der Waals surface area contributed by atoms with Gasteiger partial charge in [0, 0.05) is 6.61 Å². The minimum absolute atomic E-state index is 0.0464. The molecule has 0 saturated heterocycles. The van der Waals surface area contributed by atoms with Crippen LogP contribution in [0, 0.1) is 5.92 Å². The van der Waals surface area contributed by atoms with Gasteiger partial charge in [-0.15, -0.1) is 0 Å². The molecule has 4 heteroatoms. The molecule has 1 aliphatic carbocycles. The van der Waals surface area contributed by atoms with Crippen LogP contribution in [0.5, 0.6) is 5.75 Å². The zero-order chi connectivity index (χ0) is 14.9. The van der Waals surface area contributed by atoms with Crippen molar-refractivity contribution in [2.75, 3.05) is 19.8 Å². The highest BCUT2D eigenvalue weighted by Crippen LogP contribution is 2.23. The zero-order valence-corrected chi connectivity index (χ0v) is 12.4. The van der Waals surface area contributed by atoms with Gasteiger partial charge in [0.05, 0.1) is 13.0 Å². The Morgan fingerprint density at radius 2 is 1.81 bits per heavy atom. The molecule has 0 amide bonds. The van der Waals surface area contributed by atoms with Gasteiger partial charge in [-0.3, -0.25) is 4.79 Å². The molecule has 0 aliphatic heterocycles. The first-order valence-electron chi connectivity index (χ1n) is 7.75. The van der Waals surface area contributed by atoms with E-state index in [1.807, 2.05) is 0 Å². The molecule has 0 bridgehead atoms. The van der Waals surface area contributed by atoms with Crippen LogP contribution in [0.3, 0.4) is 0 Å². The molecule has 0 heterocycles. The van der Waals surface area contributed by atoms with Gasteiger partial charge in [0.15, 0.2) is 0 Å². The summed E-state index contributed by atoms with van der Waals surface area (Å²) in [5.74, 6) is 0.666. The third-order valence-electron chi connectivity index (χ3n) is 3.85. The summed E-state index contributed by atoms with van der Waals surface area (Å²) in [5.41, 5.74) is 0.781. The first-order chi connectivity index (χ1) is 10.2. The number of aliphatic carboxylic acids is 1. The summed E-state index contributed by atoms with van der Waals surface area (Å²) in [6, 6.07) is 7.18. The van der Waals surface area contributed by atoms with Gasteiger partial charge in [0.1, 0.15) is 12.4 Å². The number of hydrogen-bond acceptors (Lipinski definition) is 3. The molecular formula is C17H24O4. The van der Waals surface area contributed by atoms with Crippen LogP contribution in [-0.4, -0.2) is 30.9 Å². The van der Waals surface area contributed by atoms with Crippen molar-refractivity contribution in [2.45, 2.75) is 38.5 Å². The van der Waals surface area contributed by atoms with Gasteiger partial charge in [-0.25, -0.2) is 0 Å². The average molecular weight is 292 g/mol. The van der Waals surface area contributed by atoms with E-state index in [1.54, 1.807) is 24.3 Å². The van der Waals surface area contributed by atoms with Crippen molar-refractivity contribution in [3.8, 4) is 5.75 Å². The topological polar surface area (TPSA) is 55.8 Å². The Bertz CT molecular complexity index is 421. The van der Waals surface area contributed by atoms with Crippen LogP contribution in [0.25, 0.3) is 0 Å². The van der Waals surface area contributed by atoms with Crippen molar-refractivity contribution in [1.82, 2.24) is 0 Å². The molecule has 2 rings (SSSR count). The largest absolute Gasteiger partial charge is 0.491 e. The second-order valence-electron chi connectivity index (χ2n) is 5.64. The van der Waals surface area contributed by atoms with E-state index in [0.29, 0.717) is 13.2 Å². The molecule has 0 radical (unpaired) electrons. The van der Waals surface area contributed by atoms with E-state index in [9.17, 15) is 4.79 Å². The van der Waals surface area contributed by atoms with Crippen molar-refractivity contribution >= 4 is 5.97 Å². The highest BCUT2D eigenvalue weighted by Gasteiger charge is 2.12. The standard InChI is InChI=1S/C17H24O4/c18-17(19)12-14-6-8-16(9-7-14)21-11-10-20-13-15-4-2-1-3-5-15/h6-9,15H,1-5,10-13H2,(H,18,19). The van der Waals surface area contributed by atoms with Crippen LogP contribution >= 0.6 is 0 Å². The van der Waals surface area contributed by atoms with Crippen LogP contribution in [0.15, 0.2) is 24.3 Å². The molecule has 21 heavy (non-hydrogen) atoms. The Balaban J connectivity index is 1.58. The molecule has 0 atom stereocenters. The van der Waals surface area contributed by atoms with Crippen molar-refractivity contribution < 1.29 is 19.4 Å². The molecule has 1 aromatic rings. The molecule has 1 fully saturated rings. The number of benzene rings is 1. The predicted molar refractivity (Wildman–Crippen MR) is 80.7 cm³/mol. The number of carbonyl (C=O) groups is 1. The van der Waals surface area contributed by atoms with Crippen LogP contribution in [-0.2, 0) is 16.0 Å². The summed E-state index contributed by atoms with van der Waals surface area (Å²) in [6.07, 6.45) is 6.69. The first-order valence-corrected chi connectivity index (χ1v) is 7.75. The number of hydrogen-bond donors (Lipinski definition) is 1. The lowest BCUT2D eigenvalue weighted by Crippen LogP contribution is -2.16. The summed E-state index contributed by atoms with van der Waals surface area (Å²) >= 11 is 0. The van der Waals surface area contributed by atoms with Crippen LogP contribution in [0.1, 0.15) is 37.7 Å². The fourth-order valence-electron chi connectivity index (χ4n) is 2.70. The quantitative estimate of drug-likeness (QED) is 0.747. The van der Waals surface area contributed by atoms with Crippen molar-refractivity contribution in [3.63, 3.8) is 0 Å². The lowest BCUT2D eigenvalue weighted by molar-refractivity contribution is -0.136. The number of carboxylic acid groups (broad SMARTS) is 1. The Labute approximate surface area is 126 Å². The monoisotopic (exact) mass is 292 g/mol. The van der Waals surface area contributed by atoms with Gasteiger partial charge in [-0.2, -0.15) is 0 Å². The van der Waals surface area contributed by atoms with Gasteiger partial charge >= 0.3 is 5.97 Å². The molecular weight excluding hydrogens is 268 g/mol. The van der Waals surface area contributed by atoms with Crippen molar-refractivity contribution in [2.24, 2.45) is 5.92 Å². The molecule has 1 aromatic carbocycles. The van der Waals surface area contributed by atoms with Gasteiger partial charge in [-0.1, -0.05) is 31.4 Å². The molecule has 0 unspecified atom stereocenters. The normalized spacial score (nSPS) is 15.8. The summed E-state index contributed by atoms with van der Waals surface area (Å²) in [4.78, 5) is 10.6. The van der Waals surface area contributed by atoms with Gasteiger partial charge < -0.3 is 14.6 Å². The molecule has 0 spiro atoms. The van der Waals surface area contributed by atoms with E-state index >= 15 is 0 Å². The smallest absolute Gasteiger partial charge is 0.307 e. The van der Waals surface area contributed by atoms with E-state index in [4.69, 9.17) is 14.6 Å². The second-order valence-corrected chi connectivity index (χ2v) is 5.64. The maximum absolute atomic E-state index is 10.6. The molecule has 4 nitrogen and oxygen atoms in total. The number of rotatable bonds is 8. The Morgan fingerprint density at radius 3 is 2.48 bits per heavy atom. The summed E-state index contributed by atoms with van der Waals surface area (Å²) in [6.45, 7) is 1.99. The summed E-state index contributed by atoms with van der Waals surface area (Å²) in [5, 5.41) is 8.70. The summed E-state index contributed by atoms with van der Waals surface area (Å²) < 4.78 is 11.3. The lowest BCUT2D eigenvalue weighted by atomic mass is 9.90. The lowest BCUT2D eigenvalue weighted by Gasteiger charge is -2.21. The average Bonchev–Trinajstić information content (AvgIpc) is 2.49. The third-order valence-corrected chi connectivity index (χ3v) is 3.85. The van der Waals surface area contributed by atoms with E-state index in [-0.39, 0.29) is 6.42 Å². The molecule has 116 valence electrons. The maximum atomic E-state index is 10.6. The van der Waals surface area contributed by atoms with Gasteiger partial charge in [0.25, 0.3) is 0 Å². The fraction of sp³-hybridized carbons (Fsp3) is 0.588. The van der Waals surface area contributed by atoms with E-state index in [1.165, 1.54) is 32.1 Å². The fourth-order valence-corrected chi connectivity index (χ4v) is 2.70. The molecule has 1 saturated carbocycles. The van der Waals surface area contributed by atoms with Crippen LogP contribution in [0.4, 0.5) is 0 Å². The predicted octanol–water partition coefficient (Wildman–Crippen LogP) is 3.29. The zero-order valence-electron chi connectivity index (χ0n) is 12.4. The third kappa shape index (κ3) is 6.17. The highest BCUT2D eigenvalue weighted by molar-refractivity contribution is 5.70. The van der Waals surface area contributed by atoms with E-state index in [0.717, 1.165) is 23.8 Å². The maximum Gasteiger partial charge on any atom is 0.307 e. The Morgan fingerprint density at radius 1 is 1.10 bits per heavy atom. The minimum atomic E-state index is -0.820. The number of carboxylic acids is 1. The summed E-state index contributed by atoms with van der Waals surface area (Å²) in [7, 11) is 0. The van der Waals surface area contributed by atoms with Crippen LogP contribution < -0.4 is 4.74 Å². The van der Waals surface area contributed by atoms with E-state index < -0.39 is 5.97 Å². The minimum Gasteiger partial charge on any atom is -0.491 e. The van der Waals surface area contributed by atoms with Crippen molar-refractivity contribution in [1.29, 1.82) is 0 Å².